The van der Waals surface area contributed by atoms with Crippen LogP contribution in [0.25, 0.3) is 0 Å². The molecule has 0 aromatic heterocycles. The molecule has 0 spiro atoms. The Morgan fingerprint density at radius 2 is 1.77 bits per heavy atom. The molecular formula is C28H43N3O4. The van der Waals surface area contributed by atoms with Crippen LogP contribution < -0.4 is 5.32 Å². The fourth-order valence-corrected chi connectivity index (χ4v) is 4.73. The summed E-state index contributed by atoms with van der Waals surface area (Å²) in [6.45, 7) is 12.0. The third kappa shape index (κ3) is 7.40. The van der Waals surface area contributed by atoms with Gasteiger partial charge >= 0.3 is 5.97 Å². The number of likely N-dealkylation sites (N-methyl/N-ethyl adjacent to an activating group) is 2. The molecule has 1 aromatic carbocycles. The van der Waals surface area contributed by atoms with Gasteiger partial charge in [0.2, 0.25) is 11.8 Å². The molecule has 7 nitrogen and oxygen atoms in total. The van der Waals surface area contributed by atoms with E-state index in [1.165, 1.54) is 12.5 Å². The van der Waals surface area contributed by atoms with Gasteiger partial charge in [0.15, 0.2) is 0 Å². The van der Waals surface area contributed by atoms with Crippen LogP contribution in [0.2, 0.25) is 0 Å². The molecular weight excluding hydrogens is 442 g/mol. The van der Waals surface area contributed by atoms with Gasteiger partial charge in [0.05, 0.1) is 12.1 Å². The number of carbonyl (C=O) groups is 3. The largest absolute Gasteiger partial charge is 0.478 e. The molecule has 1 aromatic rings. The van der Waals surface area contributed by atoms with Crippen LogP contribution in [-0.4, -0.2) is 71.5 Å². The van der Waals surface area contributed by atoms with Crippen molar-refractivity contribution in [2.24, 2.45) is 11.3 Å². The van der Waals surface area contributed by atoms with E-state index in [1.54, 1.807) is 18.0 Å². The summed E-state index contributed by atoms with van der Waals surface area (Å²) in [5.41, 5.74) is 0.901. The van der Waals surface area contributed by atoms with Crippen molar-refractivity contribution in [2.45, 2.75) is 78.4 Å². The zero-order chi connectivity index (χ0) is 26.5. The van der Waals surface area contributed by atoms with Crippen LogP contribution in [-0.2, 0) is 14.4 Å². The predicted molar refractivity (Wildman–Crippen MR) is 139 cm³/mol. The molecule has 1 aliphatic heterocycles. The number of nitrogens with one attached hydrogen (secondary N) is 1. The second-order valence-corrected chi connectivity index (χ2v) is 11.3. The Morgan fingerprint density at radius 1 is 1.17 bits per heavy atom. The van der Waals surface area contributed by atoms with Crippen molar-refractivity contribution in [2.75, 3.05) is 20.6 Å². The Balaban J connectivity index is 2.25. The molecule has 0 saturated carbocycles. The van der Waals surface area contributed by atoms with Crippen molar-refractivity contribution in [3.8, 4) is 0 Å². The van der Waals surface area contributed by atoms with Gasteiger partial charge in [-0.1, -0.05) is 71.0 Å². The van der Waals surface area contributed by atoms with E-state index >= 15 is 0 Å². The molecule has 2 N–H and O–H groups in total. The quantitative estimate of drug-likeness (QED) is 0.545. The summed E-state index contributed by atoms with van der Waals surface area (Å²) < 4.78 is 0. The predicted octanol–water partition coefficient (Wildman–Crippen LogP) is 3.91. The summed E-state index contributed by atoms with van der Waals surface area (Å²) in [5, 5.41) is 12.4. The van der Waals surface area contributed by atoms with Gasteiger partial charge in [-0.25, -0.2) is 4.79 Å². The van der Waals surface area contributed by atoms with E-state index in [9.17, 15) is 19.5 Å². The summed E-state index contributed by atoms with van der Waals surface area (Å²) in [4.78, 5) is 42.3. The van der Waals surface area contributed by atoms with Crippen molar-refractivity contribution in [1.82, 2.24) is 15.1 Å². The second kappa shape index (κ2) is 11.8. The molecule has 0 aliphatic carbocycles. The van der Waals surface area contributed by atoms with E-state index in [-0.39, 0.29) is 29.3 Å². The van der Waals surface area contributed by atoms with Gasteiger partial charge in [-0.3, -0.25) is 14.5 Å². The average Bonchev–Trinajstić information content (AvgIpc) is 2.79. The van der Waals surface area contributed by atoms with Crippen LogP contribution in [0.4, 0.5) is 0 Å². The molecule has 1 fully saturated rings. The molecule has 4 atom stereocenters. The molecule has 0 radical (unpaired) electrons. The minimum atomic E-state index is -1.01. The van der Waals surface area contributed by atoms with E-state index in [2.05, 4.69) is 22.3 Å². The number of hydrogen-bond acceptors (Lipinski definition) is 4. The summed E-state index contributed by atoms with van der Waals surface area (Å²) in [6, 6.07) is 8.80. The zero-order valence-corrected chi connectivity index (χ0v) is 22.5. The number of carboxylic acid groups (broad SMARTS) is 1. The maximum atomic E-state index is 13.7. The Labute approximate surface area is 210 Å². The van der Waals surface area contributed by atoms with Crippen molar-refractivity contribution in [3.05, 3.63) is 47.5 Å². The summed E-state index contributed by atoms with van der Waals surface area (Å²) in [7, 11) is 3.64. The Bertz CT molecular complexity index is 920. The molecule has 7 heteroatoms. The van der Waals surface area contributed by atoms with Gasteiger partial charge in [-0.2, -0.15) is 0 Å². The first-order chi connectivity index (χ1) is 16.2. The first-order valence-corrected chi connectivity index (χ1v) is 12.5. The normalized spacial score (nSPS) is 21.3. The number of piperidine rings is 1. The fraction of sp³-hybridized carbons (Fsp3) is 0.607. The minimum absolute atomic E-state index is 0.00526. The zero-order valence-electron chi connectivity index (χ0n) is 22.5. The molecule has 0 bridgehead atoms. The van der Waals surface area contributed by atoms with Gasteiger partial charge in [0.1, 0.15) is 6.04 Å². The number of hydrogen-bond donors (Lipinski definition) is 2. The Kier molecular flexibility index (Phi) is 9.67. The first kappa shape index (κ1) is 28.6. The van der Waals surface area contributed by atoms with Crippen LogP contribution in [0.1, 0.15) is 65.9 Å². The van der Waals surface area contributed by atoms with Gasteiger partial charge < -0.3 is 15.3 Å². The monoisotopic (exact) mass is 485 g/mol. The standard InChI is InChI=1S/C28H43N3O4/c1-18(2)22(16-19(3)27(34)35)31(8)26(33)24(28(4,5)6)29-25(32)23-17-21(14-15-30(23)7)20-12-10-9-11-13-20/h9-13,16,18,21-24H,14-15,17H2,1-8H3,(H,29,32)(H,34,35)/t21-,22+,23?,24+/m0/s1. The van der Waals surface area contributed by atoms with E-state index in [0.717, 1.165) is 13.0 Å². The van der Waals surface area contributed by atoms with E-state index in [0.29, 0.717) is 12.3 Å². The summed E-state index contributed by atoms with van der Waals surface area (Å²) in [6.07, 6.45) is 3.30. The number of carbonyl (C=O) groups excluding carboxylic acids is 2. The van der Waals surface area contributed by atoms with Crippen LogP contribution in [0.3, 0.4) is 0 Å². The topological polar surface area (TPSA) is 90.0 Å². The van der Waals surface area contributed by atoms with E-state index in [1.807, 2.05) is 59.9 Å². The molecule has 2 rings (SSSR count). The van der Waals surface area contributed by atoms with Gasteiger partial charge in [-0.05, 0) is 56.2 Å². The number of aliphatic carboxylic acids is 1. The molecule has 35 heavy (non-hydrogen) atoms. The van der Waals surface area contributed by atoms with Crippen molar-refractivity contribution in [1.29, 1.82) is 0 Å². The summed E-state index contributed by atoms with van der Waals surface area (Å²) >= 11 is 0. The third-order valence-corrected chi connectivity index (χ3v) is 7.08. The lowest BCUT2D eigenvalue weighted by Gasteiger charge is -2.40. The highest BCUT2D eigenvalue weighted by atomic mass is 16.4. The van der Waals surface area contributed by atoms with E-state index in [4.69, 9.17) is 0 Å². The van der Waals surface area contributed by atoms with Gasteiger partial charge in [0, 0.05) is 12.6 Å². The lowest BCUT2D eigenvalue weighted by Crippen LogP contribution is -2.60. The molecule has 194 valence electrons. The fourth-order valence-electron chi connectivity index (χ4n) is 4.73. The maximum Gasteiger partial charge on any atom is 0.331 e. The van der Waals surface area contributed by atoms with Crippen molar-refractivity contribution >= 4 is 17.8 Å². The molecule has 1 heterocycles. The van der Waals surface area contributed by atoms with Crippen molar-refractivity contribution < 1.29 is 19.5 Å². The molecule has 1 unspecified atom stereocenters. The number of amides is 2. The lowest BCUT2D eigenvalue weighted by molar-refractivity contribution is -0.141. The van der Waals surface area contributed by atoms with Gasteiger partial charge in [-0.15, -0.1) is 0 Å². The lowest BCUT2D eigenvalue weighted by atomic mass is 9.83. The Morgan fingerprint density at radius 3 is 2.29 bits per heavy atom. The number of carboxylic acids is 1. The van der Waals surface area contributed by atoms with Crippen LogP contribution in [0.15, 0.2) is 42.0 Å². The highest BCUT2D eigenvalue weighted by molar-refractivity contribution is 5.91. The number of likely N-dealkylation sites (tertiary alicyclic amines) is 1. The number of nitrogens with zero attached hydrogens (tertiary/aromatic N) is 2. The maximum absolute atomic E-state index is 13.7. The number of rotatable bonds is 8. The summed E-state index contributed by atoms with van der Waals surface area (Å²) in [5.74, 6) is -1.08. The van der Waals surface area contributed by atoms with Crippen LogP contribution in [0.5, 0.6) is 0 Å². The molecule has 2 amide bonds. The first-order valence-electron chi connectivity index (χ1n) is 12.5. The smallest absolute Gasteiger partial charge is 0.331 e. The third-order valence-electron chi connectivity index (χ3n) is 7.08. The SMILES string of the molecule is CC(=C[C@H](C(C)C)N(C)C(=O)[C@@H](NC(=O)C1C[C@@H](c2ccccc2)CCN1C)C(C)(C)C)C(=O)O. The van der Waals surface area contributed by atoms with Crippen molar-refractivity contribution in [3.63, 3.8) is 0 Å². The van der Waals surface area contributed by atoms with Crippen LogP contribution in [0, 0.1) is 11.3 Å². The molecule has 1 aliphatic rings. The van der Waals surface area contributed by atoms with Crippen LogP contribution >= 0.6 is 0 Å². The second-order valence-electron chi connectivity index (χ2n) is 11.3. The van der Waals surface area contributed by atoms with Gasteiger partial charge in [0.25, 0.3) is 0 Å². The highest BCUT2D eigenvalue weighted by Gasteiger charge is 2.40. The van der Waals surface area contributed by atoms with E-state index < -0.39 is 23.5 Å². The molecule has 1 saturated heterocycles. The highest BCUT2D eigenvalue weighted by Crippen LogP contribution is 2.31. The minimum Gasteiger partial charge on any atom is -0.478 e. The Hall–Kier alpha value is -2.67. The average molecular weight is 486 g/mol. The number of benzene rings is 1.